The lowest BCUT2D eigenvalue weighted by Gasteiger charge is -2.25. The maximum Gasteiger partial charge on any atom is 0.336 e. The van der Waals surface area contributed by atoms with Crippen molar-refractivity contribution in [1.82, 2.24) is 0 Å². The third kappa shape index (κ3) is 4.71. The molecule has 2 aromatic rings. The third-order valence-electron chi connectivity index (χ3n) is 3.61. The van der Waals surface area contributed by atoms with Crippen LogP contribution in [0.3, 0.4) is 0 Å². The molecule has 2 unspecified atom stereocenters. The molecular formula is C16H20O6S. The first-order chi connectivity index (χ1) is 11.0. The molecule has 0 aliphatic carbocycles. The molecule has 1 fully saturated rings. The summed E-state index contributed by atoms with van der Waals surface area (Å²) in [6.07, 6.45) is 0.866. The summed E-state index contributed by atoms with van der Waals surface area (Å²) < 4.78 is 14.8. The van der Waals surface area contributed by atoms with E-state index in [0.717, 1.165) is 23.8 Å². The number of hydrogen-bond donors (Lipinski definition) is 3. The molecule has 0 spiro atoms. The molecule has 1 aliphatic heterocycles. The number of hydrogen-bond acceptors (Lipinski definition) is 7. The average Bonchev–Trinajstić information content (AvgIpc) is 2.55. The minimum atomic E-state index is -0.455. The van der Waals surface area contributed by atoms with E-state index in [9.17, 15) is 4.79 Å². The SMILES string of the molecule is Cc1cc(=O)oc2cc(OS)ccc12.OCC1OCCCC1O. The van der Waals surface area contributed by atoms with Gasteiger partial charge in [-0.25, -0.2) is 4.79 Å². The fourth-order valence-corrected chi connectivity index (χ4v) is 2.47. The van der Waals surface area contributed by atoms with E-state index in [1.807, 2.05) is 13.0 Å². The van der Waals surface area contributed by atoms with Gasteiger partial charge in [0.2, 0.25) is 0 Å². The summed E-state index contributed by atoms with van der Waals surface area (Å²) in [5, 5.41) is 18.6. The van der Waals surface area contributed by atoms with Gasteiger partial charge in [-0.3, -0.25) is 0 Å². The Labute approximate surface area is 139 Å². The Morgan fingerprint density at radius 1 is 1.39 bits per heavy atom. The van der Waals surface area contributed by atoms with Crippen LogP contribution in [-0.4, -0.2) is 35.6 Å². The fourth-order valence-electron chi connectivity index (χ4n) is 2.36. The second-order valence-corrected chi connectivity index (χ2v) is 5.48. The number of fused-ring (bicyclic) bond motifs is 1. The van der Waals surface area contributed by atoms with Crippen LogP contribution in [0.5, 0.6) is 5.75 Å². The Balaban J connectivity index is 0.000000185. The summed E-state index contributed by atoms with van der Waals surface area (Å²) in [5.74, 6) is 0.551. The minimum absolute atomic E-state index is 0.0683. The number of thiol groups is 1. The lowest BCUT2D eigenvalue weighted by atomic mass is 10.1. The molecule has 0 bridgehead atoms. The van der Waals surface area contributed by atoms with E-state index in [1.54, 1.807) is 12.1 Å². The van der Waals surface area contributed by atoms with Crippen LogP contribution in [0.25, 0.3) is 11.0 Å². The molecule has 0 saturated carbocycles. The van der Waals surface area contributed by atoms with Crippen LogP contribution in [0.2, 0.25) is 0 Å². The molecule has 23 heavy (non-hydrogen) atoms. The Bertz CT molecular complexity index is 699. The summed E-state index contributed by atoms with van der Waals surface area (Å²) in [6.45, 7) is 2.46. The number of ether oxygens (including phenoxy) is 1. The van der Waals surface area contributed by atoms with Crippen molar-refractivity contribution >= 4 is 23.9 Å². The van der Waals surface area contributed by atoms with Crippen LogP contribution in [0.1, 0.15) is 18.4 Å². The van der Waals surface area contributed by atoms with Crippen molar-refractivity contribution in [3.8, 4) is 5.75 Å². The lowest BCUT2D eigenvalue weighted by Crippen LogP contribution is -2.36. The Morgan fingerprint density at radius 3 is 2.78 bits per heavy atom. The second kappa shape index (κ2) is 8.35. The molecule has 3 rings (SSSR count). The van der Waals surface area contributed by atoms with Crippen molar-refractivity contribution in [2.75, 3.05) is 13.2 Å². The van der Waals surface area contributed by atoms with E-state index < -0.39 is 6.10 Å². The summed E-state index contributed by atoms with van der Waals surface area (Å²) in [7, 11) is 0. The first kappa shape index (κ1) is 17.8. The molecule has 0 amide bonds. The number of aryl methyl sites for hydroxylation is 1. The first-order valence-corrected chi connectivity index (χ1v) is 7.68. The van der Waals surface area contributed by atoms with Crippen molar-refractivity contribution < 1.29 is 23.6 Å². The summed E-state index contributed by atoms with van der Waals surface area (Å²) >= 11 is 3.67. The van der Waals surface area contributed by atoms with Crippen molar-refractivity contribution in [2.24, 2.45) is 0 Å². The average molecular weight is 340 g/mol. The monoisotopic (exact) mass is 340 g/mol. The van der Waals surface area contributed by atoms with E-state index >= 15 is 0 Å². The largest absolute Gasteiger partial charge is 0.429 e. The zero-order valence-corrected chi connectivity index (χ0v) is 13.7. The Kier molecular flexibility index (Phi) is 6.47. The molecule has 6 nitrogen and oxygen atoms in total. The number of rotatable bonds is 2. The van der Waals surface area contributed by atoms with Crippen LogP contribution in [-0.2, 0) is 4.74 Å². The van der Waals surface area contributed by atoms with Gasteiger partial charge >= 0.3 is 5.63 Å². The van der Waals surface area contributed by atoms with Crippen LogP contribution >= 0.6 is 12.9 Å². The van der Waals surface area contributed by atoms with Gasteiger partial charge in [-0.1, -0.05) is 0 Å². The highest BCUT2D eigenvalue weighted by atomic mass is 32.1. The number of aliphatic hydroxyl groups excluding tert-OH is 2. The third-order valence-corrected chi connectivity index (χ3v) is 3.82. The van der Waals surface area contributed by atoms with Gasteiger partial charge in [-0.05, 0) is 37.5 Å². The number of benzene rings is 1. The molecule has 0 radical (unpaired) electrons. The van der Waals surface area contributed by atoms with E-state index in [1.165, 1.54) is 6.07 Å². The molecule has 1 saturated heterocycles. The van der Waals surface area contributed by atoms with Gasteiger partial charge in [-0.15, -0.1) is 0 Å². The van der Waals surface area contributed by atoms with E-state index in [-0.39, 0.29) is 18.3 Å². The van der Waals surface area contributed by atoms with Gasteiger partial charge in [0.1, 0.15) is 17.4 Å². The molecule has 1 aliphatic rings. The molecule has 7 heteroatoms. The van der Waals surface area contributed by atoms with Crippen LogP contribution in [0.4, 0.5) is 0 Å². The van der Waals surface area contributed by atoms with Gasteiger partial charge in [0.25, 0.3) is 0 Å². The normalized spacial score (nSPS) is 20.7. The fraction of sp³-hybridized carbons (Fsp3) is 0.438. The lowest BCUT2D eigenvalue weighted by molar-refractivity contribution is -0.0942. The molecule has 126 valence electrons. The van der Waals surface area contributed by atoms with Crippen molar-refractivity contribution in [2.45, 2.75) is 32.0 Å². The minimum Gasteiger partial charge on any atom is -0.429 e. The molecule has 2 heterocycles. The van der Waals surface area contributed by atoms with E-state index in [0.29, 0.717) is 17.9 Å². The van der Waals surface area contributed by atoms with E-state index in [4.69, 9.17) is 23.6 Å². The van der Waals surface area contributed by atoms with Crippen LogP contribution in [0.15, 0.2) is 33.5 Å². The quantitative estimate of drug-likeness (QED) is 0.439. The maximum atomic E-state index is 11.1. The maximum absolute atomic E-state index is 11.1. The zero-order chi connectivity index (χ0) is 16.8. The van der Waals surface area contributed by atoms with Gasteiger partial charge < -0.3 is 23.6 Å². The topological polar surface area (TPSA) is 89.1 Å². The van der Waals surface area contributed by atoms with Gasteiger partial charge in [-0.2, -0.15) is 0 Å². The smallest absolute Gasteiger partial charge is 0.336 e. The Morgan fingerprint density at radius 2 is 2.17 bits per heavy atom. The van der Waals surface area contributed by atoms with Gasteiger partial charge in [0.15, 0.2) is 0 Å². The molecule has 2 atom stereocenters. The highest BCUT2D eigenvalue weighted by Gasteiger charge is 2.22. The molecule has 1 aromatic heterocycles. The van der Waals surface area contributed by atoms with Crippen molar-refractivity contribution in [3.63, 3.8) is 0 Å². The van der Waals surface area contributed by atoms with Gasteiger partial charge in [0, 0.05) is 37.0 Å². The zero-order valence-electron chi connectivity index (χ0n) is 12.8. The predicted molar refractivity (Wildman–Crippen MR) is 88.9 cm³/mol. The molecular weight excluding hydrogens is 320 g/mol. The van der Waals surface area contributed by atoms with Crippen LogP contribution < -0.4 is 9.81 Å². The second-order valence-electron chi connectivity index (χ2n) is 5.30. The summed E-state index contributed by atoms with van der Waals surface area (Å²) in [4.78, 5) is 11.1. The van der Waals surface area contributed by atoms with Crippen molar-refractivity contribution in [1.29, 1.82) is 0 Å². The predicted octanol–water partition coefficient (Wildman–Crippen LogP) is 1.84. The number of aliphatic hydroxyl groups is 2. The summed E-state index contributed by atoms with van der Waals surface area (Å²) in [5.41, 5.74) is 1.05. The Hall–Kier alpha value is -1.54. The highest BCUT2D eigenvalue weighted by Crippen LogP contribution is 2.22. The van der Waals surface area contributed by atoms with Crippen LogP contribution in [0, 0.1) is 6.92 Å². The summed E-state index contributed by atoms with van der Waals surface area (Å²) in [6, 6.07) is 6.70. The molecule has 1 aromatic carbocycles. The van der Waals surface area contributed by atoms with Crippen molar-refractivity contribution in [3.05, 3.63) is 40.2 Å². The highest BCUT2D eigenvalue weighted by molar-refractivity contribution is 7.75. The standard InChI is InChI=1S/C10H8O3S.C6H12O3/c1-6-4-10(11)12-9-5-7(13-14)2-3-8(6)9;7-4-6-5(8)2-1-3-9-6/h2-5,14H,1H3;5-8H,1-4H2. The molecule has 2 N–H and O–H groups in total. The first-order valence-electron chi connectivity index (χ1n) is 7.31. The van der Waals surface area contributed by atoms with E-state index in [2.05, 4.69) is 12.9 Å². The van der Waals surface area contributed by atoms with Gasteiger partial charge in [0.05, 0.1) is 12.7 Å².